The molecule has 0 spiro atoms. The lowest BCUT2D eigenvalue weighted by molar-refractivity contribution is -0.141. The number of carboxylic acids is 1. The second-order valence-electron chi connectivity index (χ2n) is 6.20. The number of hydrogen-bond acceptors (Lipinski definition) is 3. The number of aliphatic carboxylic acids is 1. The Balaban J connectivity index is 1.97. The summed E-state index contributed by atoms with van der Waals surface area (Å²) in [5, 5.41) is 12.2. The molecule has 6 nitrogen and oxygen atoms in total. The van der Waals surface area contributed by atoms with E-state index in [2.05, 4.69) is 5.32 Å². The van der Waals surface area contributed by atoms with E-state index < -0.39 is 11.9 Å². The molecule has 0 radical (unpaired) electrons. The summed E-state index contributed by atoms with van der Waals surface area (Å²) in [6.07, 6.45) is 1.37. The van der Waals surface area contributed by atoms with Crippen LogP contribution < -0.4 is 5.32 Å². The highest BCUT2D eigenvalue weighted by Crippen LogP contribution is 2.25. The molecule has 1 saturated heterocycles. The number of hydrogen-bond donors (Lipinski definition) is 2. The van der Waals surface area contributed by atoms with Gasteiger partial charge >= 0.3 is 5.97 Å². The Morgan fingerprint density at radius 3 is 2.68 bits per heavy atom. The van der Waals surface area contributed by atoms with E-state index >= 15 is 0 Å². The van der Waals surface area contributed by atoms with Crippen LogP contribution >= 0.6 is 23.2 Å². The van der Waals surface area contributed by atoms with Crippen molar-refractivity contribution in [1.82, 2.24) is 10.2 Å². The van der Waals surface area contributed by atoms with Gasteiger partial charge in [0.15, 0.2) is 0 Å². The molecule has 1 aromatic rings. The van der Waals surface area contributed by atoms with E-state index in [-0.39, 0.29) is 24.3 Å². The third kappa shape index (κ3) is 5.09. The zero-order valence-corrected chi connectivity index (χ0v) is 15.3. The molecule has 8 heteroatoms. The Hall–Kier alpha value is -1.79. The monoisotopic (exact) mass is 386 g/mol. The van der Waals surface area contributed by atoms with Crippen molar-refractivity contribution in [1.29, 1.82) is 0 Å². The van der Waals surface area contributed by atoms with Gasteiger partial charge in [-0.2, -0.15) is 0 Å². The van der Waals surface area contributed by atoms with Crippen molar-refractivity contribution in [3.63, 3.8) is 0 Å². The first-order chi connectivity index (χ1) is 11.8. The SMILES string of the molecule is CC(CNC(=O)C1CCCN(C(=O)c2ccc(Cl)c(Cl)c2)C1)C(=O)O. The normalized spacial score (nSPS) is 18.5. The van der Waals surface area contributed by atoms with Crippen LogP contribution in [0, 0.1) is 11.8 Å². The summed E-state index contributed by atoms with van der Waals surface area (Å²) in [6, 6.07) is 4.69. The fourth-order valence-corrected chi connectivity index (χ4v) is 2.97. The van der Waals surface area contributed by atoms with Gasteiger partial charge in [-0.1, -0.05) is 30.1 Å². The standard InChI is InChI=1S/C17H20Cl2N2O4/c1-10(17(24)25)8-20-15(22)12-3-2-6-21(9-12)16(23)11-4-5-13(18)14(19)7-11/h4-5,7,10,12H,2-3,6,8-9H2,1H3,(H,20,22)(H,24,25). The molecule has 2 unspecified atom stereocenters. The third-order valence-electron chi connectivity index (χ3n) is 4.25. The zero-order chi connectivity index (χ0) is 18.6. The molecule has 136 valence electrons. The number of benzene rings is 1. The van der Waals surface area contributed by atoms with Crippen LogP contribution in [-0.2, 0) is 9.59 Å². The van der Waals surface area contributed by atoms with E-state index in [9.17, 15) is 14.4 Å². The summed E-state index contributed by atoms with van der Waals surface area (Å²) in [6.45, 7) is 2.47. The Morgan fingerprint density at radius 2 is 2.04 bits per heavy atom. The average Bonchev–Trinajstić information content (AvgIpc) is 2.61. The second-order valence-corrected chi connectivity index (χ2v) is 7.02. The first-order valence-electron chi connectivity index (χ1n) is 8.04. The number of halogens is 2. The van der Waals surface area contributed by atoms with Gasteiger partial charge in [0.1, 0.15) is 0 Å². The van der Waals surface area contributed by atoms with Crippen LogP contribution in [-0.4, -0.2) is 47.4 Å². The van der Waals surface area contributed by atoms with Gasteiger partial charge in [0.2, 0.25) is 5.91 Å². The van der Waals surface area contributed by atoms with Crippen molar-refractivity contribution >= 4 is 41.0 Å². The molecule has 0 aliphatic carbocycles. The van der Waals surface area contributed by atoms with Crippen molar-refractivity contribution in [3.8, 4) is 0 Å². The summed E-state index contributed by atoms with van der Waals surface area (Å²) in [5.41, 5.74) is 0.426. The number of carbonyl (C=O) groups excluding carboxylic acids is 2. The lowest BCUT2D eigenvalue weighted by Crippen LogP contribution is -2.46. The van der Waals surface area contributed by atoms with E-state index in [4.69, 9.17) is 28.3 Å². The number of piperidine rings is 1. The van der Waals surface area contributed by atoms with Crippen molar-refractivity contribution < 1.29 is 19.5 Å². The van der Waals surface area contributed by atoms with E-state index in [1.165, 1.54) is 13.0 Å². The van der Waals surface area contributed by atoms with E-state index in [0.29, 0.717) is 41.5 Å². The van der Waals surface area contributed by atoms with Crippen molar-refractivity contribution in [3.05, 3.63) is 33.8 Å². The van der Waals surface area contributed by atoms with Gasteiger partial charge in [-0.25, -0.2) is 0 Å². The predicted octanol–water partition coefficient (Wildman–Crippen LogP) is 2.68. The number of rotatable bonds is 5. The number of nitrogens with zero attached hydrogens (tertiary/aromatic N) is 1. The maximum absolute atomic E-state index is 12.6. The quantitative estimate of drug-likeness (QED) is 0.814. The Bertz CT molecular complexity index is 681. The van der Waals surface area contributed by atoms with E-state index in [1.807, 2.05) is 0 Å². The molecule has 1 heterocycles. The second kappa shape index (κ2) is 8.54. The van der Waals surface area contributed by atoms with Crippen LogP contribution in [0.25, 0.3) is 0 Å². The minimum atomic E-state index is -0.958. The molecule has 1 aromatic carbocycles. The van der Waals surface area contributed by atoms with Crippen LogP contribution in [0.5, 0.6) is 0 Å². The Morgan fingerprint density at radius 1 is 1.32 bits per heavy atom. The van der Waals surface area contributed by atoms with Gasteiger partial charge in [-0.15, -0.1) is 0 Å². The Kier molecular flexibility index (Phi) is 6.67. The third-order valence-corrected chi connectivity index (χ3v) is 4.99. The predicted molar refractivity (Wildman–Crippen MR) is 94.9 cm³/mol. The lowest BCUT2D eigenvalue weighted by Gasteiger charge is -2.32. The van der Waals surface area contributed by atoms with Crippen LogP contribution in [0.2, 0.25) is 10.0 Å². The van der Waals surface area contributed by atoms with Crippen molar-refractivity contribution in [2.75, 3.05) is 19.6 Å². The summed E-state index contributed by atoms with van der Waals surface area (Å²) < 4.78 is 0. The molecule has 2 amide bonds. The van der Waals surface area contributed by atoms with E-state index in [0.717, 1.165) is 0 Å². The number of carbonyl (C=O) groups is 3. The van der Waals surface area contributed by atoms with Crippen molar-refractivity contribution in [2.45, 2.75) is 19.8 Å². The number of likely N-dealkylation sites (tertiary alicyclic amines) is 1. The average molecular weight is 387 g/mol. The molecule has 0 aromatic heterocycles. The van der Waals surface area contributed by atoms with Gasteiger partial charge in [-0.05, 0) is 31.0 Å². The van der Waals surface area contributed by atoms with Crippen LogP contribution in [0.3, 0.4) is 0 Å². The molecule has 25 heavy (non-hydrogen) atoms. The molecule has 2 atom stereocenters. The molecular weight excluding hydrogens is 367 g/mol. The number of amides is 2. The largest absolute Gasteiger partial charge is 0.481 e. The summed E-state index contributed by atoms with van der Waals surface area (Å²) in [7, 11) is 0. The molecule has 2 N–H and O–H groups in total. The van der Waals surface area contributed by atoms with Gasteiger partial charge in [0.05, 0.1) is 21.9 Å². The molecule has 1 aliphatic rings. The van der Waals surface area contributed by atoms with Gasteiger partial charge < -0.3 is 15.3 Å². The molecule has 1 aliphatic heterocycles. The van der Waals surface area contributed by atoms with E-state index in [1.54, 1.807) is 17.0 Å². The topological polar surface area (TPSA) is 86.7 Å². The van der Waals surface area contributed by atoms with Crippen LogP contribution in [0.15, 0.2) is 18.2 Å². The fourth-order valence-electron chi connectivity index (χ4n) is 2.67. The van der Waals surface area contributed by atoms with Crippen molar-refractivity contribution in [2.24, 2.45) is 11.8 Å². The highest BCUT2D eigenvalue weighted by Gasteiger charge is 2.29. The molecule has 0 saturated carbocycles. The zero-order valence-electron chi connectivity index (χ0n) is 13.8. The smallest absolute Gasteiger partial charge is 0.308 e. The maximum Gasteiger partial charge on any atom is 0.308 e. The molecular formula is C17H20Cl2N2O4. The lowest BCUT2D eigenvalue weighted by atomic mass is 9.96. The van der Waals surface area contributed by atoms with Crippen LogP contribution in [0.1, 0.15) is 30.1 Å². The molecule has 2 rings (SSSR count). The Labute approximate surface area is 156 Å². The fraction of sp³-hybridized carbons (Fsp3) is 0.471. The summed E-state index contributed by atoms with van der Waals surface area (Å²) in [4.78, 5) is 37.3. The summed E-state index contributed by atoms with van der Waals surface area (Å²) >= 11 is 11.8. The first-order valence-corrected chi connectivity index (χ1v) is 8.80. The molecule has 1 fully saturated rings. The van der Waals surface area contributed by atoms with Crippen LogP contribution in [0.4, 0.5) is 0 Å². The van der Waals surface area contributed by atoms with Gasteiger partial charge in [0.25, 0.3) is 5.91 Å². The first kappa shape index (κ1) is 19.5. The highest BCUT2D eigenvalue weighted by molar-refractivity contribution is 6.42. The van der Waals surface area contributed by atoms with Gasteiger partial charge in [0, 0.05) is 25.2 Å². The number of carboxylic acid groups (broad SMARTS) is 1. The summed E-state index contributed by atoms with van der Waals surface area (Å²) in [5.74, 6) is -2.38. The van der Waals surface area contributed by atoms with Gasteiger partial charge in [-0.3, -0.25) is 14.4 Å². The maximum atomic E-state index is 12.6. The minimum Gasteiger partial charge on any atom is -0.481 e. The molecule has 0 bridgehead atoms. The number of nitrogens with one attached hydrogen (secondary N) is 1. The highest BCUT2D eigenvalue weighted by atomic mass is 35.5. The minimum absolute atomic E-state index is 0.0748.